The first-order valence-corrected chi connectivity index (χ1v) is 7.74. The lowest BCUT2D eigenvalue weighted by atomic mass is 10.1. The van der Waals surface area contributed by atoms with E-state index in [1.807, 2.05) is 37.3 Å². The van der Waals surface area contributed by atoms with Gasteiger partial charge in [-0.15, -0.1) is 0 Å². The predicted molar refractivity (Wildman–Crippen MR) is 94.0 cm³/mol. The predicted octanol–water partition coefficient (Wildman–Crippen LogP) is 4.65. The van der Waals surface area contributed by atoms with Crippen LogP contribution in [0.15, 0.2) is 65.1 Å². The van der Waals surface area contributed by atoms with Gasteiger partial charge in [0.15, 0.2) is 0 Å². The summed E-state index contributed by atoms with van der Waals surface area (Å²) in [6, 6.07) is 20.2. The van der Waals surface area contributed by atoms with Gasteiger partial charge in [-0.05, 0) is 36.2 Å². The van der Waals surface area contributed by atoms with E-state index in [4.69, 9.17) is 4.42 Å². The van der Waals surface area contributed by atoms with E-state index < -0.39 is 5.97 Å². The number of rotatable bonds is 5. The van der Waals surface area contributed by atoms with E-state index in [-0.39, 0.29) is 5.76 Å². The molecule has 0 aliphatic carbocycles. The third-order valence-electron chi connectivity index (χ3n) is 3.88. The highest BCUT2D eigenvalue weighted by Gasteiger charge is 2.14. The topological polar surface area (TPSA) is 51.5 Å². The average Bonchev–Trinajstić information content (AvgIpc) is 3.01. The molecule has 0 bridgehead atoms. The van der Waals surface area contributed by atoms with Gasteiger partial charge in [0.2, 0.25) is 5.76 Å². The molecule has 1 aromatic heterocycles. The number of anilines is 1. The summed E-state index contributed by atoms with van der Waals surface area (Å²) in [7, 11) is 1.34. The van der Waals surface area contributed by atoms with Crippen LogP contribution in [0.25, 0.3) is 11.1 Å². The fourth-order valence-corrected chi connectivity index (χ4v) is 2.50. The molecule has 0 aliphatic rings. The molecule has 0 fully saturated rings. The summed E-state index contributed by atoms with van der Waals surface area (Å²) in [5, 5.41) is 3.34. The molecule has 4 heteroatoms. The Labute approximate surface area is 141 Å². The van der Waals surface area contributed by atoms with Crippen molar-refractivity contribution in [1.82, 2.24) is 0 Å². The second-order valence-corrected chi connectivity index (χ2v) is 5.48. The van der Waals surface area contributed by atoms with E-state index in [1.54, 1.807) is 6.07 Å². The zero-order valence-corrected chi connectivity index (χ0v) is 13.7. The Morgan fingerprint density at radius 2 is 1.71 bits per heavy atom. The van der Waals surface area contributed by atoms with Gasteiger partial charge in [-0.2, -0.15) is 0 Å². The minimum absolute atomic E-state index is 0.228. The molecule has 0 unspecified atom stereocenters. The number of furan rings is 1. The number of aryl methyl sites for hydroxylation is 1. The first kappa shape index (κ1) is 15.9. The molecule has 3 rings (SSSR count). The summed E-state index contributed by atoms with van der Waals surface area (Å²) in [5.41, 5.74) is 4.31. The van der Waals surface area contributed by atoms with Crippen molar-refractivity contribution in [3.8, 4) is 11.1 Å². The van der Waals surface area contributed by atoms with E-state index in [2.05, 4.69) is 34.3 Å². The van der Waals surface area contributed by atoms with Gasteiger partial charge < -0.3 is 14.5 Å². The van der Waals surface area contributed by atoms with Crippen LogP contribution < -0.4 is 5.32 Å². The maximum atomic E-state index is 11.5. The van der Waals surface area contributed by atoms with Crippen LogP contribution in [-0.4, -0.2) is 13.1 Å². The van der Waals surface area contributed by atoms with Crippen molar-refractivity contribution in [2.24, 2.45) is 0 Å². The fourth-order valence-electron chi connectivity index (χ4n) is 2.50. The molecule has 4 nitrogen and oxygen atoms in total. The smallest absolute Gasteiger partial charge is 0.373 e. The average molecular weight is 321 g/mol. The molecule has 3 aromatic rings. The number of benzene rings is 2. The number of hydrogen-bond acceptors (Lipinski definition) is 4. The van der Waals surface area contributed by atoms with E-state index in [0.717, 1.165) is 11.3 Å². The van der Waals surface area contributed by atoms with E-state index in [1.165, 1.54) is 18.2 Å². The standard InChI is InChI=1S/C20H19NO3/c1-14-17(12-19(24-14)20(22)23-2)13-21-18-10-8-16(9-11-18)15-6-4-3-5-7-15/h3-12,21H,13H2,1-2H3. The lowest BCUT2D eigenvalue weighted by molar-refractivity contribution is 0.0563. The van der Waals surface area contributed by atoms with Crippen LogP contribution in [0.4, 0.5) is 5.69 Å². The van der Waals surface area contributed by atoms with Crippen LogP contribution >= 0.6 is 0 Å². The maximum absolute atomic E-state index is 11.5. The lowest BCUT2D eigenvalue weighted by Gasteiger charge is -2.07. The Hall–Kier alpha value is -3.01. The molecule has 0 saturated heterocycles. The number of carbonyl (C=O) groups excluding carboxylic acids is 1. The van der Waals surface area contributed by atoms with Crippen molar-refractivity contribution in [1.29, 1.82) is 0 Å². The van der Waals surface area contributed by atoms with Crippen LogP contribution in [0, 0.1) is 6.92 Å². The Balaban J connectivity index is 1.67. The highest BCUT2D eigenvalue weighted by atomic mass is 16.5. The summed E-state index contributed by atoms with van der Waals surface area (Å²) in [6.07, 6.45) is 0. The fraction of sp³-hybridized carbons (Fsp3) is 0.150. The quantitative estimate of drug-likeness (QED) is 0.695. The van der Waals surface area contributed by atoms with Gasteiger partial charge in [0, 0.05) is 17.8 Å². The number of methoxy groups -OCH3 is 1. The normalized spacial score (nSPS) is 10.4. The number of nitrogens with one attached hydrogen (secondary N) is 1. The van der Waals surface area contributed by atoms with E-state index in [9.17, 15) is 4.79 Å². The zero-order valence-electron chi connectivity index (χ0n) is 13.7. The van der Waals surface area contributed by atoms with Crippen LogP contribution in [0.1, 0.15) is 21.9 Å². The second kappa shape index (κ2) is 7.04. The highest BCUT2D eigenvalue weighted by molar-refractivity contribution is 5.86. The molecule has 122 valence electrons. The number of esters is 1. The third-order valence-corrected chi connectivity index (χ3v) is 3.88. The van der Waals surface area contributed by atoms with Crippen molar-refractivity contribution in [3.05, 3.63) is 77.7 Å². The van der Waals surface area contributed by atoms with Gasteiger partial charge in [0.25, 0.3) is 0 Å². The monoisotopic (exact) mass is 321 g/mol. The number of ether oxygens (including phenoxy) is 1. The minimum Gasteiger partial charge on any atom is -0.463 e. The zero-order chi connectivity index (χ0) is 16.9. The number of hydrogen-bond donors (Lipinski definition) is 1. The molecular weight excluding hydrogens is 302 g/mol. The minimum atomic E-state index is -0.462. The molecule has 0 spiro atoms. The molecule has 2 aromatic carbocycles. The SMILES string of the molecule is COC(=O)c1cc(CNc2ccc(-c3ccccc3)cc2)c(C)o1. The van der Waals surface area contributed by atoms with Gasteiger partial charge in [0.1, 0.15) is 5.76 Å². The van der Waals surface area contributed by atoms with Gasteiger partial charge >= 0.3 is 5.97 Å². The third kappa shape index (κ3) is 3.49. The Bertz CT molecular complexity index is 820. The Kier molecular flexibility index (Phi) is 4.66. The molecule has 1 N–H and O–H groups in total. The molecule has 0 saturated carbocycles. The van der Waals surface area contributed by atoms with Crippen molar-refractivity contribution >= 4 is 11.7 Å². The first-order chi connectivity index (χ1) is 11.7. The first-order valence-electron chi connectivity index (χ1n) is 7.74. The van der Waals surface area contributed by atoms with Crippen molar-refractivity contribution in [3.63, 3.8) is 0 Å². The Morgan fingerprint density at radius 1 is 1.04 bits per heavy atom. The van der Waals surface area contributed by atoms with Crippen LogP contribution in [0.2, 0.25) is 0 Å². The van der Waals surface area contributed by atoms with Gasteiger partial charge in [0.05, 0.1) is 7.11 Å². The van der Waals surface area contributed by atoms with Crippen molar-refractivity contribution in [2.45, 2.75) is 13.5 Å². The highest BCUT2D eigenvalue weighted by Crippen LogP contribution is 2.22. The van der Waals surface area contributed by atoms with E-state index in [0.29, 0.717) is 12.3 Å². The molecule has 24 heavy (non-hydrogen) atoms. The summed E-state index contributed by atoms with van der Waals surface area (Å²) in [5.74, 6) is 0.478. The Morgan fingerprint density at radius 3 is 2.38 bits per heavy atom. The van der Waals surface area contributed by atoms with Gasteiger partial charge in [-0.25, -0.2) is 4.79 Å². The van der Waals surface area contributed by atoms with Crippen molar-refractivity contribution < 1.29 is 13.9 Å². The molecule has 0 amide bonds. The molecule has 0 radical (unpaired) electrons. The number of carbonyl (C=O) groups is 1. The van der Waals surface area contributed by atoms with Gasteiger partial charge in [-0.3, -0.25) is 0 Å². The van der Waals surface area contributed by atoms with Gasteiger partial charge in [-0.1, -0.05) is 42.5 Å². The summed E-state index contributed by atoms with van der Waals surface area (Å²) in [6.45, 7) is 2.42. The van der Waals surface area contributed by atoms with Crippen LogP contribution in [-0.2, 0) is 11.3 Å². The molecule has 0 atom stereocenters. The summed E-state index contributed by atoms with van der Waals surface area (Å²) in [4.78, 5) is 11.5. The summed E-state index contributed by atoms with van der Waals surface area (Å²) >= 11 is 0. The largest absolute Gasteiger partial charge is 0.463 e. The maximum Gasteiger partial charge on any atom is 0.373 e. The molecule has 0 aliphatic heterocycles. The van der Waals surface area contributed by atoms with Crippen molar-refractivity contribution in [2.75, 3.05) is 12.4 Å². The lowest BCUT2D eigenvalue weighted by Crippen LogP contribution is -2.00. The summed E-state index contributed by atoms with van der Waals surface area (Å²) < 4.78 is 10.1. The van der Waals surface area contributed by atoms with E-state index >= 15 is 0 Å². The van der Waals surface area contributed by atoms with Crippen LogP contribution in [0.3, 0.4) is 0 Å². The molecular formula is C20H19NO3. The van der Waals surface area contributed by atoms with Crippen LogP contribution in [0.5, 0.6) is 0 Å². The molecule has 1 heterocycles. The second-order valence-electron chi connectivity index (χ2n) is 5.48.